The largest absolute Gasteiger partial charge is 0.496 e. The van der Waals surface area contributed by atoms with Crippen molar-refractivity contribution >= 4 is 51.3 Å². The number of halogens is 2. The number of furan rings is 1. The smallest absolute Gasteiger partial charge is 0.282 e. The van der Waals surface area contributed by atoms with Gasteiger partial charge in [-0.3, -0.25) is 4.79 Å². The molecule has 3 aromatic carbocycles. The first-order valence-electron chi connectivity index (χ1n) is 10.7. The van der Waals surface area contributed by atoms with E-state index in [9.17, 15) is 4.79 Å². The lowest BCUT2D eigenvalue weighted by Gasteiger charge is -2.09. The molecule has 0 saturated heterocycles. The first kappa shape index (κ1) is 23.0. The molecule has 2 aromatic heterocycles. The quantitative estimate of drug-likeness (QED) is 0.248. The number of hydrogen-bond acceptors (Lipinski definition) is 6. The van der Waals surface area contributed by atoms with Crippen LogP contribution in [0, 0.1) is 0 Å². The Morgan fingerprint density at radius 1 is 1.06 bits per heavy atom. The molecule has 0 N–H and O–H groups in total. The van der Waals surface area contributed by atoms with E-state index >= 15 is 0 Å². The van der Waals surface area contributed by atoms with Gasteiger partial charge in [0.05, 0.1) is 46.3 Å². The molecule has 0 saturated carbocycles. The number of benzene rings is 3. The zero-order valence-electron chi connectivity index (χ0n) is 18.8. The van der Waals surface area contributed by atoms with Crippen LogP contribution >= 0.6 is 23.2 Å². The highest BCUT2D eigenvalue weighted by Gasteiger charge is 2.18. The molecule has 2 heterocycles. The summed E-state index contributed by atoms with van der Waals surface area (Å²) in [7, 11) is 1.59. The fraction of sp³-hybridized carbons (Fsp3) is 0.115. The predicted octanol–water partition coefficient (Wildman–Crippen LogP) is 6.41. The Labute approximate surface area is 210 Å². The van der Waals surface area contributed by atoms with Crippen molar-refractivity contribution in [1.29, 1.82) is 0 Å². The van der Waals surface area contributed by atoms with E-state index in [4.69, 9.17) is 37.1 Å². The molecule has 7 nitrogen and oxygen atoms in total. The molecule has 0 radical (unpaired) electrons. The van der Waals surface area contributed by atoms with E-state index in [0.29, 0.717) is 56.0 Å². The summed E-state index contributed by atoms with van der Waals surface area (Å²) in [6, 6.07) is 17.6. The highest BCUT2D eigenvalue weighted by Crippen LogP contribution is 2.34. The van der Waals surface area contributed by atoms with E-state index in [2.05, 4.69) is 10.1 Å². The molecule has 35 heavy (non-hydrogen) atoms. The van der Waals surface area contributed by atoms with Crippen LogP contribution in [0.15, 0.2) is 75.0 Å². The lowest BCUT2D eigenvalue weighted by molar-refractivity contribution is 0.340. The highest BCUT2D eigenvalue weighted by molar-refractivity contribution is 6.37. The summed E-state index contributed by atoms with van der Waals surface area (Å²) in [5.41, 5.74) is 1.36. The van der Waals surface area contributed by atoms with Crippen LogP contribution in [-0.2, 0) is 0 Å². The molecule has 5 aromatic rings. The molecule has 5 rings (SSSR count). The van der Waals surface area contributed by atoms with Gasteiger partial charge in [-0.1, -0.05) is 41.4 Å². The lowest BCUT2D eigenvalue weighted by Crippen LogP contribution is -2.20. The normalized spacial score (nSPS) is 11.5. The Kier molecular flexibility index (Phi) is 6.19. The lowest BCUT2D eigenvalue weighted by atomic mass is 10.2. The second kappa shape index (κ2) is 9.44. The predicted molar refractivity (Wildman–Crippen MR) is 138 cm³/mol. The van der Waals surface area contributed by atoms with Crippen LogP contribution < -0.4 is 15.0 Å². The van der Waals surface area contributed by atoms with Crippen LogP contribution in [0.3, 0.4) is 0 Å². The van der Waals surface area contributed by atoms with Crippen molar-refractivity contribution in [2.24, 2.45) is 5.10 Å². The monoisotopic (exact) mass is 507 g/mol. The highest BCUT2D eigenvalue weighted by atomic mass is 35.5. The fourth-order valence-corrected chi connectivity index (χ4v) is 4.39. The molecule has 0 aliphatic heterocycles. The van der Waals surface area contributed by atoms with Crippen LogP contribution in [0.1, 0.15) is 12.5 Å². The summed E-state index contributed by atoms with van der Waals surface area (Å²) in [5, 5.41) is 6.30. The zero-order valence-corrected chi connectivity index (χ0v) is 20.3. The van der Waals surface area contributed by atoms with E-state index in [-0.39, 0.29) is 11.4 Å². The maximum atomic E-state index is 13.4. The first-order chi connectivity index (χ1) is 17.0. The molecule has 0 amide bonds. The number of para-hydroxylation sites is 1. The van der Waals surface area contributed by atoms with Gasteiger partial charge in [0.15, 0.2) is 11.5 Å². The van der Waals surface area contributed by atoms with Crippen molar-refractivity contribution in [2.45, 2.75) is 6.92 Å². The van der Waals surface area contributed by atoms with Gasteiger partial charge in [-0.25, -0.2) is 4.98 Å². The van der Waals surface area contributed by atoms with Gasteiger partial charge in [0.2, 0.25) is 5.82 Å². The van der Waals surface area contributed by atoms with Crippen molar-refractivity contribution in [3.63, 3.8) is 0 Å². The van der Waals surface area contributed by atoms with Gasteiger partial charge in [-0.05, 0) is 55.0 Å². The summed E-state index contributed by atoms with van der Waals surface area (Å²) >= 11 is 12.7. The van der Waals surface area contributed by atoms with Crippen molar-refractivity contribution in [3.8, 4) is 23.1 Å². The van der Waals surface area contributed by atoms with E-state index in [0.717, 1.165) is 5.39 Å². The Morgan fingerprint density at radius 2 is 1.83 bits per heavy atom. The molecule has 0 fully saturated rings. The molecule has 9 heteroatoms. The number of aromatic nitrogens is 2. The van der Waals surface area contributed by atoms with Crippen molar-refractivity contribution in [3.05, 3.63) is 86.6 Å². The number of rotatable bonds is 6. The second-order valence-corrected chi connectivity index (χ2v) is 8.36. The van der Waals surface area contributed by atoms with Crippen LogP contribution in [0.5, 0.6) is 11.5 Å². The average Bonchev–Trinajstić information content (AvgIpc) is 3.30. The SMILES string of the molecule is CCOc1c(Cl)cc(C=Nn2c(-c3cc4c(OC)cccc4o3)nc3ccccc3c2=O)cc1Cl. The minimum atomic E-state index is -0.350. The van der Waals surface area contributed by atoms with E-state index in [1.54, 1.807) is 43.5 Å². The second-order valence-electron chi connectivity index (χ2n) is 7.54. The fourth-order valence-electron chi connectivity index (χ4n) is 3.77. The number of hydrogen-bond donors (Lipinski definition) is 0. The van der Waals surface area contributed by atoms with E-state index < -0.39 is 0 Å². The van der Waals surface area contributed by atoms with Crippen LogP contribution in [-0.4, -0.2) is 29.6 Å². The molecule has 0 aliphatic rings. The Morgan fingerprint density at radius 3 is 2.57 bits per heavy atom. The third-order valence-electron chi connectivity index (χ3n) is 5.35. The minimum absolute atomic E-state index is 0.242. The average molecular weight is 508 g/mol. The van der Waals surface area contributed by atoms with Crippen molar-refractivity contribution < 1.29 is 13.9 Å². The van der Waals surface area contributed by atoms with Gasteiger partial charge < -0.3 is 13.9 Å². The first-order valence-corrected chi connectivity index (χ1v) is 11.5. The third-order valence-corrected chi connectivity index (χ3v) is 5.91. The number of methoxy groups -OCH3 is 1. The summed E-state index contributed by atoms with van der Waals surface area (Å²) in [4.78, 5) is 18.1. The van der Waals surface area contributed by atoms with Gasteiger partial charge in [-0.2, -0.15) is 9.78 Å². The molecule has 0 atom stereocenters. The Balaban J connectivity index is 1.69. The van der Waals surface area contributed by atoms with Crippen LogP contribution in [0.25, 0.3) is 33.5 Å². The number of fused-ring (bicyclic) bond motifs is 2. The Hall–Kier alpha value is -3.81. The summed E-state index contributed by atoms with van der Waals surface area (Å²) < 4.78 is 18.2. The molecule has 176 valence electrons. The minimum Gasteiger partial charge on any atom is -0.496 e. The molecular weight excluding hydrogens is 489 g/mol. The maximum absolute atomic E-state index is 13.4. The zero-order chi connectivity index (χ0) is 24.5. The number of nitrogens with zero attached hydrogens (tertiary/aromatic N) is 3. The van der Waals surface area contributed by atoms with Gasteiger partial charge in [-0.15, -0.1) is 0 Å². The van der Waals surface area contributed by atoms with Gasteiger partial charge in [0.25, 0.3) is 5.56 Å². The van der Waals surface area contributed by atoms with Gasteiger partial charge in [0, 0.05) is 0 Å². The molecule has 0 aliphatic carbocycles. The van der Waals surface area contributed by atoms with Crippen LogP contribution in [0.4, 0.5) is 0 Å². The van der Waals surface area contributed by atoms with Gasteiger partial charge in [0.1, 0.15) is 11.3 Å². The summed E-state index contributed by atoms with van der Waals surface area (Å²) in [6.45, 7) is 2.27. The molecule has 0 spiro atoms. The summed E-state index contributed by atoms with van der Waals surface area (Å²) in [5.74, 6) is 1.65. The maximum Gasteiger partial charge on any atom is 0.282 e. The third kappa shape index (κ3) is 4.24. The standard InChI is InChI=1S/C26H19Cl2N3O4/c1-3-34-24-18(27)11-15(12-19(24)28)14-29-31-25(30-20-8-5-4-7-16(20)26(31)32)23-13-17-21(33-2)9-6-10-22(17)35-23/h4-14H,3H2,1-2H3. The van der Waals surface area contributed by atoms with Gasteiger partial charge >= 0.3 is 0 Å². The van der Waals surface area contributed by atoms with E-state index in [1.165, 1.54) is 10.9 Å². The van der Waals surface area contributed by atoms with Crippen molar-refractivity contribution in [2.75, 3.05) is 13.7 Å². The topological polar surface area (TPSA) is 78.8 Å². The molecular formula is C26H19Cl2N3O4. The van der Waals surface area contributed by atoms with E-state index in [1.807, 2.05) is 31.2 Å². The van der Waals surface area contributed by atoms with Crippen LogP contribution in [0.2, 0.25) is 10.0 Å². The summed E-state index contributed by atoms with van der Waals surface area (Å²) in [6.07, 6.45) is 1.48. The van der Waals surface area contributed by atoms with Crippen molar-refractivity contribution in [1.82, 2.24) is 9.66 Å². The Bertz CT molecular complexity index is 1630. The number of ether oxygens (including phenoxy) is 2. The molecule has 0 unspecified atom stereocenters. The molecule has 0 bridgehead atoms.